The molecule has 10 unspecified atom stereocenters. The average molecular weight is 575 g/mol. The van der Waals surface area contributed by atoms with E-state index in [9.17, 15) is 20.4 Å². The van der Waals surface area contributed by atoms with Gasteiger partial charge in [0.15, 0.2) is 6.29 Å². The maximum Gasteiger partial charge on any atom is 0.186 e. The summed E-state index contributed by atoms with van der Waals surface area (Å²) >= 11 is 1.80. The van der Waals surface area contributed by atoms with Gasteiger partial charge in [-0.05, 0) is 63.7 Å². The molecule has 0 radical (unpaired) electrons. The lowest BCUT2D eigenvalue weighted by molar-refractivity contribution is -0.310. The Labute approximate surface area is 242 Å². The van der Waals surface area contributed by atoms with Crippen molar-refractivity contribution in [1.82, 2.24) is 0 Å². The fourth-order valence-electron chi connectivity index (χ4n) is 5.32. The fraction of sp³-hybridized carbons (Fsp3) is 0.935. The molecule has 0 aromatic carbocycles. The molecule has 1 aliphatic heterocycles. The highest BCUT2D eigenvalue weighted by Gasteiger charge is 2.48. The Morgan fingerprint density at radius 1 is 1.05 bits per heavy atom. The number of unbranched alkanes of at least 4 members (excludes halogenated alkanes) is 1. The maximum atomic E-state index is 11.2. The first-order chi connectivity index (χ1) is 18.4. The quantitative estimate of drug-likeness (QED) is 0.156. The predicted octanol–water partition coefficient (Wildman–Crippen LogP) is 5.22. The van der Waals surface area contributed by atoms with E-state index in [1.165, 1.54) is 5.57 Å². The first-order valence-electron chi connectivity index (χ1n) is 15.3. The van der Waals surface area contributed by atoms with Gasteiger partial charge in [0.2, 0.25) is 0 Å². The van der Waals surface area contributed by atoms with E-state index >= 15 is 0 Å². The molecule has 7 nitrogen and oxygen atoms in total. The molecule has 2 rings (SSSR count). The predicted molar refractivity (Wildman–Crippen MR) is 159 cm³/mol. The highest BCUT2D eigenvalue weighted by Crippen LogP contribution is 2.40. The summed E-state index contributed by atoms with van der Waals surface area (Å²) in [4.78, 5) is 0. The molecule has 10 atom stereocenters. The molecule has 230 valence electrons. The van der Waals surface area contributed by atoms with E-state index in [0.29, 0.717) is 24.0 Å². The molecule has 0 aromatic rings. The Morgan fingerprint density at radius 2 is 1.74 bits per heavy atom. The number of hydrogen-bond acceptors (Lipinski definition) is 8. The molecule has 1 aliphatic carbocycles. The van der Waals surface area contributed by atoms with Crippen LogP contribution in [0.15, 0.2) is 12.2 Å². The van der Waals surface area contributed by atoms with Gasteiger partial charge in [-0.15, -0.1) is 6.58 Å². The van der Waals surface area contributed by atoms with Crippen LogP contribution in [0.5, 0.6) is 0 Å². The largest absolute Gasteiger partial charge is 0.390 e. The van der Waals surface area contributed by atoms with Gasteiger partial charge in [0.05, 0.1) is 31.0 Å². The third-order valence-corrected chi connectivity index (χ3v) is 10.4. The van der Waals surface area contributed by atoms with Gasteiger partial charge in [0.25, 0.3) is 0 Å². The van der Waals surface area contributed by atoms with E-state index < -0.39 is 42.9 Å². The summed E-state index contributed by atoms with van der Waals surface area (Å²) in [7, 11) is 0. The van der Waals surface area contributed by atoms with Gasteiger partial charge in [-0.2, -0.15) is 11.8 Å². The van der Waals surface area contributed by atoms with Gasteiger partial charge in [-0.3, -0.25) is 0 Å². The minimum absolute atomic E-state index is 0.0271. The van der Waals surface area contributed by atoms with Crippen molar-refractivity contribution < 1.29 is 34.6 Å². The van der Waals surface area contributed by atoms with E-state index in [2.05, 4.69) is 41.2 Å². The summed E-state index contributed by atoms with van der Waals surface area (Å²) < 4.78 is 18.6. The minimum atomic E-state index is -1.26. The second-order valence-corrected chi connectivity index (χ2v) is 14.2. The second-order valence-electron chi connectivity index (χ2n) is 12.5. The lowest BCUT2D eigenvalue weighted by atomic mass is 9.78. The normalized spacial score (nSPS) is 31.9. The van der Waals surface area contributed by atoms with Crippen molar-refractivity contribution in [3.05, 3.63) is 12.2 Å². The molecule has 0 spiro atoms. The molecular formula is C31H58O7S. The van der Waals surface area contributed by atoms with Crippen molar-refractivity contribution in [1.29, 1.82) is 0 Å². The van der Waals surface area contributed by atoms with E-state index in [4.69, 9.17) is 14.2 Å². The number of aliphatic hydroxyl groups excluding tert-OH is 4. The van der Waals surface area contributed by atoms with Crippen LogP contribution < -0.4 is 0 Å². The number of thioether (sulfide) groups is 1. The third-order valence-electron chi connectivity index (χ3n) is 8.78. The molecule has 1 saturated carbocycles. The number of aliphatic hydroxyl groups is 4. The molecular weight excluding hydrogens is 516 g/mol. The van der Waals surface area contributed by atoms with E-state index in [1.807, 2.05) is 6.92 Å². The molecule has 4 N–H and O–H groups in total. The lowest BCUT2D eigenvalue weighted by Gasteiger charge is -2.47. The number of allylic oxidation sites excluding steroid dienone is 1. The monoisotopic (exact) mass is 574 g/mol. The molecule has 39 heavy (non-hydrogen) atoms. The molecule has 0 bridgehead atoms. The third kappa shape index (κ3) is 10.9. The van der Waals surface area contributed by atoms with Crippen LogP contribution in [0.2, 0.25) is 0 Å². The summed E-state index contributed by atoms with van der Waals surface area (Å²) in [6, 6.07) is 0. The van der Waals surface area contributed by atoms with Crippen molar-refractivity contribution in [3.63, 3.8) is 0 Å². The first-order valence-corrected chi connectivity index (χ1v) is 16.3. The zero-order valence-electron chi connectivity index (χ0n) is 25.4. The van der Waals surface area contributed by atoms with Crippen molar-refractivity contribution in [3.8, 4) is 0 Å². The van der Waals surface area contributed by atoms with Gasteiger partial charge < -0.3 is 34.6 Å². The molecule has 0 amide bonds. The maximum absolute atomic E-state index is 11.2. The average Bonchev–Trinajstić information content (AvgIpc) is 2.88. The molecule has 1 saturated heterocycles. The van der Waals surface area contributed by atoms with Crippen LogP contribution in [0.4, 0.5) is 0 Å². The summed E-state index contributed by atoms with van der Waals surface area (Å²) in [5.74, 6) is 1.54. The van der Waals surface area contributed by atoms with Gasteiger partial charge >= 0.3 is 0 Å². The van der Waals surface area contributed by atoms with Crippen LogP contribution in [0.25, 0.3) is 0 Å². The highest BCUT2D eigenvalue weighted by molar-refractivity contribution is 8.00. The van der Waals surface area contributed by atoms with Gasteiger partial charge in [-0.1, -0.05) is 59.5 Å². The lowest BCUT2D eigenvalue weighted by Crippen LogP contribution is -2.61. The van der Waals surface area contributed by atoms with E-state index in [0.717, 1.165) is 51.4 Å². The van der Waals surface area contributed by atoms with Crippen LogP contribution in [-0.2, 0) is 14.2 Å². The van der Waals surface area contributed by atoms with Crippen LogP contribution >= 0.6 is 11.8 Å². The topological polar surface area (TPSA) is 109 Å². The van der Waals surface area contributed by atoms with Gasteiger partial charge in [-0.25, -0.2) is 0 Å². The Hall–Kier alpha value is -0.190. The van der Waals surface area contributed by atoms with Crippen molar-refractivity contribution in [2.24, 2.45) is 11.8 Å². The summed E-state index contributed by atoms with van der Waals surface area (Å²) in [5.41, 5.74) is 1.19. The SMILES string of the molecule is C=C(C)CCC(C)C(C)(C)SCC1OC(OCCC(O)C(O)CCCC)C(O)C(O)C1OC1CCC1CCC. The van der Waals surface area contributed by atoms with E-state index in [1.54, 1.807) is 11.8 Å². The van der Waals surface area contributed by atoms with Crippen molar-refractivity contribution >= 4 is 11.8 Å². The Bertz CT molecular complexity index is 704. The zero-order chi connectivity index (χ0) is 29.2. The van der Waals surface area contributed by atoms with Crippen molar-refractivity contribution in [2.75, 3.05) is 12.4 Å². The molecule has 1 heterocycles. The van der Waals surface area contributed by atoms with Crippen molar-refractivity contribution in [2.45, 2.75) is 160 Å². The number of ether oxygens (including phenoxy) is 3. The first kappa shape index (κ1) is 35.0. The summed E-state index contributed by atoms with van der Waals surface area (Å²) in [6.45, 7) is 17.2. The highest BCUT2D eigenvalue weighted by atomic mass is 32.2. The van der Waals surface area contributed by atoms with Crippen LogP contribution in [0.3, 0.4) is 0 Å². The Kier molecular flexibility index (Phi) is 15.3. The number of rotatable bonds is 19. The van der Waals surface area contributed by atoms with Crippen LogP contribution in [-0.4, -0.2) is 86.6 Å². The standard InChI is InChI=1S/C31H58O7S/c1-8-10-12-23(32)24(33)17-18-36-30-28(35)27(34)29(37-25-16-15-22(25)11-9-2)26(38-30)19-39-31(6,7)21(5)14-13-20(3)4/h21-30,32-35H,3,8-19H2,1-2,4-7H3. The Morgan fingerprint density at radius 3 is 2.33 bits per heavy atom. The molecule has 2 aliphatic rings. The summed E-state index contributed by atoms with van der Waals surface area (Å²) in [5, 5.41) is 42.5. The number of hydrogen-bond donors (Lipinski definition) is 4. The van der Waals surface area contributed by atoms with Gasteiger partial charge in [0, 0.05) is 10.5 Å². The molecule has 8 heteroatoms. The van der Waals surface area contributed by atoms with Crippen LogP contribution in [0, 0.1) is 11.8 Å². The van der Waals surface area contributed by atoms with Gasteiger partial charge in [0.1, 0.15) is 18.3 Å². The second kappa shape index (κ2) is 17.1. The fourth-order valence-corrected chi connectivity index (χ4v) is 6.58. The smallest absolute Gasteiger partial charge is 0.186 e. The Balaban J connectivity index is 2.05. The molecule has 0 aromatic heterocycles. The zero-order valence-corrected chi connectivity index (χ0v) is 26.2. The van der Waals surface area contributed by atoms with Crippen LogP contribution in [0.1, 0.15) is 106 Å². The summed E-state index contributed by atoms with van der Waals surface area (Å²) in [6.07, 6.45) is 2.77. The minimum Gasteiger partial charge on any atom is -0.390 e. The van der Waals surface area contributed by atoms with E-state index in [-0.39, 0.29) is 23.9 Å². The molecule has 2 fully saturated rings.